The molecule has 1 aromatic rings. The molecule has 1 rings (SSSR count). The quantitative estimate of drug-likeness (QED) is 0.767. The normalized spacial score (nSPS) is 11.6. The highest BCUT2D eigenvalue weighted by Crippen LogP contribution is 2.39. The van der Waals surface area contributed by atoms with Gasteiger partial charge in [-0.15, -0.1) is 0 Å². The van der Waals surface area contributed by atoms with Crippen molar-refractivity contribution in [2.45, 2.75) is 40.0 Å². The highest BCUT2D eigenvalue weighted by molar-refractivity contribution is 5.54. The van der Waals surface area contributed by atoms with Gasteiger partial charge in [0.2, 0.25) is 0 Å². The maximum atomic E-state index is 10.1. The first-order valence-electron chi connectivity index (χ1n) is 5.16. The molecule has 0 spiro atoms. The van der Waals surface area contributed by atoms with Gasteiger partial charge in [-0.1, -0.05) is 20.8 Å². The third-order valence-electron chi connectivity index (χ3n) is 2.68. The van der Waals surface area contributed by atoms with E-state index >= 15 is 0 Å². The van der Waals surface area contributed by atoms with Crippen LogP contribution in [0.1, 0.15) is 37.5 Å². The number of hydrogen-bond acceptors (Lipinski definition) is 2. The summed E-state index contributed by atoms with van der Waals surface area (Å²) in [4.78, 5) is 0. The van der Waals surface area contributed by atoms with E-state index in [1.807, 2.05) is 19.9 Å². The van der Waals surface area contributed by atoms with Crippen LogP contribution in [0.15, 0.2) is 6.07 Å². The van der Waals surface area contributed by atoms with Gasteiger partial charge in [-0.3, -0.25) is 0 Å². The summed E-state index contributed by atoms with van der Waals surface area (Å²) >= 11 is 0. The Bertz CT molecular complexity index is 373. The number of benzene rings is 1. The maximum absolute atomic E-state index is 10.1. The Balaban J connectivity index is 3.48. The smallest absolute Gasteiger partial charge is 0.128 e. The van der Waals surface area contributed by atoms with E-state index in [0.717, 1.165) is 22.4 Å². The molecule has 0 atom stereocenters. The zero-order valence-electron chi connectivity index (χ0n) is 10.4. The van der Waals surface area contributed by atoms with Crippen molar-refractivity contribution in [2.75, 3.05) is 7.11 Å². The van der Waals surface area contributed by atoms with Crippen LogP contribution in [-0.2, 0) is 5.41 Å². The minimum atomic E-state index is -0.0497. The second-order valence-electron chi connectivity index (χ2n) is 5.00. The Hall–Kier alpha value is -1.18. The second kappa shape index (κ2) is 3.76. The van der Waals surface area contributed by atoms with Gasteiger partial charge in [0, 0.05) is 11.1 Å². The predicted molar refractivity (Wildman–Crippen MR) is 62.8 cm³/mol. The van der Waals surface area contributed by atoms with Crippen molar-refractivity contribution >= 4 is 0 Å². The monoisotopic (exact) mass is 208 g/mol. The molecule has 0 aliphatic rings. The average molecular weight is 208 g/mol. The first kappa shape index (κ1) is 11.9. The van der Waals surface area contributed by atoms with Crippen LogP contribution in [0.4, 0.5) is 0 Å². The van der Waals surface area contributed by atoms with E-state index in [1.54, 1.807) is 7.11 Å². The fourth-order valence-electron chi connectivity index (χ4n) is 1.84. The first-order chi connectivity index (χ1) is 6.79. The molecule has 0 amide bonds. The summed E-state index contributed by atoms with van der Waals surface area (Å²) in [5.74, 6) is 1.13. The van der Waals surface area contributed by atoms with Gasteiger partial charge in [-0.2, -0.15) is 0 Å². The number of aryl methyl sites for hydroxylation is 1. The van der Waals surface area contributed by atoms with Gasteiger partial charge in [0.05, 0.1) is 7.11 Å². The lowest BCUT2D eigenvalue weighted by atomic mass is 9.84. The lowest BCUT2D eigenvalue weighted by Crippen LogP contribution is -2.12. The summed E-state index contributed by atoms with van der Waals surface area (Å²) in [7, 11) is 1.63. The first-order valence-corrected chi connectivity index (χ1v) is 5.16. The number of ether oxygens (including phenoxy) is 1. The van der Waals surface area contributed by atoms with E-state index in [4.69, 9.17) is 4.74 Å². The van der Waals surface area contributed by atoms with Crippen molar-refractivity contribution in [1.82, 2.24) is 0 Å². The van der Waals surface area contributed by atoms with E-state index in [2.05, 4.69) is 20.8 Å². The lowest BCUT2D eigenvalue weighted by molar-refractivity contribution is 0.394. The van der Waals surface area contributed by atoms with Crippen LogP contribution in [0.2, 0.25) is 0 Å². The third-order valence-corrected chi connectivity index (χ3v) is 2.68. The summed E-state index contributed by atoms with van der Waals surface area (Å²) in [6, 6.07) is 2.00. The number of phenols is 1. The number of hydrogen-bond donors (Lipinski definition) is 1. The molecular formula is C13H20O2. The highest BCUT2D eigenvalue weighted by Gasteiger charge is 2.22. The number of aromatic hydroxyl groups is 1. The van der Waals surface area contributed by atoms with Crippen LogP contribution >= 0.6 is 0 Å². The molecule has 0 aliphatic heterocycles. The molecule has 2 nitrogen and oxygen atoms in total. The molecule has 0 heterocycles. The van der Waals surface area contributed by atoms with Gasteiger partial charge >= 0.3 is 0 Å². The summed E-state index contributed by atoms with van der Waals surface area (Å²) in [5, 5.41) is 10.1. The fourth-order valence-corrected chi connectivity index (χ4v) is 1.84. The molecule has 0 aromatic heterocycles. The number of rotatable bonds is 1. The molecule has 1 N–H and O–H groups in total. The minimum Gasteiger partial charge on any atom is -0.507 e. The van der Waals surface area contributed by atoms with Crippen LogP contribution in [0.25, 0.3) is 0 Å². The maximum Gasteiger partial charge on any atom is 0.128 e. The van der Waals surface area contributed by atoms with Crippen LogP contribution in [0, 0.1) is 13.8 Å². The van der Waals surface area contributed by atoms with E-state index in [0.29, 0.717) is 5.75 Å². The predicted octanol–water partition coefficient (Wildman–Crippen LogP) is 3.32. The second-order valence-corrected chi connectivity index (χ2v) is 5.00. The van der Waals surface area contributed by atoms with Crippen LogP contribution in [-0.4, -0.2) is 12.2 Å². The standard InChI is InChI=1S/C13H20O2/c1-8-7-10(13(3,4)5)11(14)9(2)12(8)15-6/h7,14H,1-6H3. The Labute approximate surface area is 91.9 Å². The molecule has 0 aliphatic carbocycles. The van der Waals surface area contributed by atoms with E-state index in [9.17, 15) is 5.11 Å². The molecule has 0 radical (unpaired) electrons. The van der Waals surface area contributed by atoms with Crippen molar-refractivity contribution in [2.24, 2.45) is 0 Å². The van der Waals surface area contributed by atoms with E-state index < -0.39 is 0 Å². The minimum absolute atomic E-state index is 0.0497. The van der Waals surface area contributed by atoms with Crippen molar-refractivity contribution in [3.63, 3.8) is 0 Å². The molecule has 15 heavy (non-hydrogen) atoms. The molecule has 0 unspecified atom stereocenters. The van der Waals surface area contributed by atoms with Crippen LogP contribution in [0.3, 0.4) is 0 Å². The molecular weight excluding hydrogens is 188 g/mol. The van der Waals surface area contributed by atoms with Gasteiger partial charge in [0.1, 0.15) is 11.5 Å². The Morgan fingerprint density at radius 2 is 1.73 bits per heavy atom. The Kier molecular flexibility index (Phi) is 2.98. The lowest BCUT2D eigenvalue weighted by Gasteiger charge is -2.23. The molecule has 0 saturated heterocycles. The zero-order chi connectivity index (χ0) is 11.8. The Morgan fingerprint density at radius 1 is 1.20 bits per heavy atom. The average Bonchev–Trinajstić information content (AvgIpc) is 2.10. The summed E-state index contributed by atoms with van der Waals surface area (Å²) < 4.78 is 5.26. The summed E-state index contributed by atoms with van der Waals surface area (Å²) in [5.41, 5.74) is 2.81. The van der Waals surface area contributed by atoms with E-state index in [1.165, 1.54) is 0 Å². The molecule has 2 heteroatoms. The van der Waals surface area contributed by atoms with E-state index in [-0.39, 0.29) is 5.41 Å². The summed E-state index contributed by atoms with van der Waals surface area (Å²) in [6.45, 7) is 10.2. The third kappa shape index (κ3) is 2.09. The van der Waals surface area contributed by atoms with Gasteiger partial charge in [-0.25, -0.2) is 0 Å². The zero-order valence-corrected chi connectivity index (χ0v) is 10.4. The van der Waals surface area contributed by atoms with Crippen molar-refractivity contribution in [1.29, 1.82) is 0 Å². The van der Waals surface area contributed by atoms with Crippen molar-refractivity contribution < 1.29 is 9.84 Å². The van der Waals surface area contributed by atoms with Crippen LogP contribution < -0.4 is 4.74 Å². The molecule has 0 saturated carbocycles. The van der Waals surface area contributed by atoms with Gasteiger partial charge in [0.15, 0.2) is 0 Å². The summed E-state index contributed by atoms with van der Waals surface area (Å²) in [6.07, 6.45) is 0. The molecule has 1 aromatic carbocycles. The van der Waals surface area contributed by atoms with Crippen LogP contribution in [0.5, 0.6) is 11.5 Å². The van der Waals surface area contributed by atoms with Gasteiger partial charge in [0.25, 0.3) is 0 Å². The highest BCUT2D eigenvalue weighted by atomic mass is 16.5. The van der Waals surface area contributed by atoms with Crippen molar-refractivity contribution in [3.05, 3.63) is 22.8 Å². The SMILES string of the molecule is COc1c(C)cc(C(C)(C)C)c(O)c1C. The molecule has 84 valence electrons. The van der Waals surface area contributed by atoms with Gasteiger partial charge < -0.3 is 9.84 Å². The number of methoxy groups -OCH3 is 1. The fraction of sp³-hybridized carbons (Fsp3) is 0.538. The molecule has 0 bridgehead atoms. The van der Waals surface area contributed by atoms with Crippen molar-refractivity contribution in [3.8, 4) is 11.5 Å². The topological polar surface area (TPSA) is 29.5 Å². The van der Waals surface area contributed by atoms with Gasteiger partial charge in [-0.05, 0) is 30.9 Å². The Morgan fingerprint density at radius 3 is 2.13 bits per heavy atom. The number of phenolic OH excluding ortho intramolecular Hbond substituents is 1. The largest absolute Gasteiger partial charge is 0.507 e. The molecule has 0 fully saturated rings.